The fourth-order valence-electron chi connectivity index (χ4n) is 2.54. The zero-order valence-corrected chi connectivity index (χ0v) is 10.7. The zero-order chi connectivity index (χ0) is 13.0. The molecule has 0 radical (unpaired) electrons. The number of hydrogen-bond donors (Lipinski definition) is 2. The lowest BCUT2D eigenvalue weighted by atomic mass is 9.85. The lowest BCUT2D eigenvalue weighted by molar-refractivity contribution is 0.0273. The molecule has 102 valence electrons. The third kappa shape index (κ3) is 2.88. The maximum absolute atomic E-state index is 9.55. The van der Waals surface area contributed by atoms with Crippen molar-refractivity contribution in [2.75, 3.05) is 13.7 Å². The molecule has 1 aromatic heterocycles. The van der Waals surface area contributed by atoms with Crippen molar-refractivity contribution in [2.24, 2.45) is 11.7 Å². The Balaban J connectivity index is 2.09. The minimum Gasteiger partial charge on any atom is -0.382 e. The van der Waals surface area contributed by atoms with Gasteiger partial charge < -0.3 is 20.1 Å². The lowest BCUT2D eigenvalue weighted by Crippen LogP contribution is -2.19. The molecule has 1 fully saturated rings. The molecule has 1 heterocycles. The number of hydrogen-bond acceptors (Lipinski definition) is 6. The summed E-state index contributed by atoms with van der Waals surface area (Å²) in [5.41, 5.74) is 5.36. The van der Waals surface area contributed by atoms with Gasteiger partial charge in [-0.05, 0) is 18.8 Å². The fraction of sp³-hybridized carbons (Fsp3) is 0.833. The van der Waals surface area contributed by atoms with E-state index < -0.39 is 6.10 Å². The van der Waals surface area contributed by atoms with Gasteiger partial charge in [-0.3, -0.25) is 0 Å². The SMILES string of the molecule is COC(c1noc(C(O)CN)n1)C1CCCCC1. The lowest BCUT2D eigenvalue weighted by Gasteiger charge is -2.26. The number of nitrogens with two attached hydrogens (primary N) is 1. The molecule has 6 heteroatoms. The summed E-state index contributed by atoms with van der Waals surface area (Å²) < 4.78 is 10.5. The van der Waals surface area contributed by atoms with Gasteiger partial charge in [0.15, 0.2) is 0 Å². The van der Waals surface area contributed by atoms with E-state index in [1.54, 1.807) is 7.11 Å². The molecule has 18 heavy (non-hydrogen) atoms. The topological polar surface area (TPSA) is 94.4 Å². The van der Waals surface area contributed by atoms with Gasteiger partial charge in [-0.1, -0.05) is 24.4 Å². The van der Waals surface area contributed by atoms with Gasteiger partial charge in [0.05, 0.1) is 0 Å². The number of rotatable bonds is 5. The predicted octanol–water partition coefficient (Wildman–Crippen LogP) is 1.33. The van der Waals surface area contributed by atoms with E-state index in [1.807, 2.05) is 0 Å². The van der Waals surface area contributed by atoms with Gasteiger partial charge in [-0.25, -0.2) is 0 Å². The highest BCUT2D eigenvalue weighted by Gasteiger charge is 2.29. The van der Waals surface area contributed by atoms with Gasteiger partial charge in [-0.2, -0.15) is 4.98 Å². The normalized spacial score (nSPS) is 20.8. The van der Waals surface area contributed by atoms with Gasteiger partial charge >= 0.3 is 0 Å². The highest BCUT2D eigenvalue weighted by atomic mass is 16.5. The summed E-state index contributed by atoms with van der Waals surface area (Å²) in [4.78, 5) is 4.19. The van der Waals surface area contributed by atoms with Crippen LogP contribution in [0, 0.1) is 5.92 Å². The van der Waals surface area contributed by atoms with Crippen molar-refractivity contribution < 1.29 is 14.4 Å². The van der Waals surface area contributed by atoms with Crippen LogP contribution in [0.25, 0.3) is 0 Å². The summed E-state index contributed by atoms with van der Waals surface area (Å²) in [6.45, 7) is 0.0721. The molecule has 2 rings (SSSR count). The van der Waals surface area contributed by atoms with Crippen LogP contribution < -0.4 is 5.73 Å². The highest BCUT2D eigenvalue weighted by molar-refractivity contribution is 4.96. The fourth-order valence-corrected chi connectivity index (χ4v) is 2.54. The van der Waals surface area contributed by atoms with Crippen LogP contribution in [0.15, 0.2) is 4.52 Å². The van der Waals surface area contributed by atoms with Crippen LogP contribution in [0.3, 0.4) is 0 Å². The van der Waals surface area contributed by atoms with E-state index in [1.165, 1.54) is 19.3 Å². The van der Waals surface area contributed by atoms with Crippen LogP contribution in [0.5, 0.6) is 0 Å². The zero-order valence-electron chi connectivity index (χ0n) is 10.7. The van der Waals surface area contributed by atoms with Crippen molar-refractivity contribution in [1.29, 1.82) is 0 Å². The monoisotopic (exact) mass is 255 g/mol. The van der Waals surface area contributed by atoms with E-state index in [2.05, 4.69) is 10.1 Å². The molecule has 1 aliphatic carbocycles. The Kier molecular flexibility index (Phi) is 4.68. The summed E-state index contributed by atoms with van der Waals surface area (Å²) in [5.74, 6) is 1.13. The maximum atomic E-state index is 9.55. The number of aromatic nitrogens is 2. The first-order valence-corrected chi connectivity index (χ1v) is 6.50. The molecule has 0 aromatic carbocycles. The second-order valence-electron chi connectivity index (χ2n) is 4.80. The molecule has 0 aliphatic heterocycles. The van der Waals surface area contributed by atoms with Crippen molar-refractivity contribution >= 4 is 0 Å². The van der Waals surface area contributed by atoms with E-state index >= 15 is 0 Å². The molecule has 1 aliphatic rings. The van der Waals surface area contributed by atoms with Crippen LogP contribution in [0.4, 0.5) is 0 Å². The summed E-state index contributed by atoms with van der Waals surface area (Å²) in [7, 11) is 1.66. The molecule has 1 aromatic rings. The summed E-state index contributed by atoms with van der Waals surface area (Å²) >= 11 is 0. The van der Waals surface area contributed by atoms with Gasteiger partial charge in [0, 0.05) is 13.7 Å². The predicted molar refractivity (Wildman–Crippen MR) is 64.6 cm³/mol. The number of ether oxygens (including phenoxy) is 1. The highest BCUT2D eigenvalue weighted by Crippen LogP contribution is 2.35. The second kappa shape index (κ2) is 6.26. The molecular formula is C12H21N3O3. The Morgan fingerprint density at radius 1 is 1.44 bits per heavy atom. The quantitative estimate of drug-likeness (QED) is 0.824. The number of methoxy groups -OCH3 is 1. The maximum Gasteiger partial charge on any atom is 0.256 e. The first-order valence-electron chi connectivity index (χ1n) is 6.50. The summed E-state index contributed by atoms with van der Waals surface area (Å²) in [5, 5.41) is 13.5. The van der Waals surface area contributed by atoms with Gasteiger partial charge in [0.2, 0.25) is 5.82 Å². The second-order valence-corrected chi connectivity index (χ2v) is 4.80. The van der Waals surface area contributed by atoms with Crippen LogP contribution in [-0.4, -0.2) is 28.9 Å². The van der Waals surface area contributed by atoms with Gasteiger partial charge in [-0.15, -0.1) is 0 Å². The Hall–Kier alpha value is -0.980. The Morgan fingerprint density at radius 3 is 2.78 bits per heavy atom. The van der Waals surface area contributed by atoms with Crippen molar-refractivity contribution in [3.8, 4) is 0 Å². The third-order valence-corrected chi connectivity index (χ3v) is 3.55. The third-order valence-electron chi connectivity index (χ3n) is 3.55. The number of aliphatic hydroxyl groups excluding tert-OH is 1. The van der Waals surface area contributed by atoms with Crippen molar-refractivity contribution in [3.63, 3.8) is 0 Å². The van der Waals surface area contributed by atoms with Crippen LogP contribution >= 0.6 is 0 Å². The average molecular weight is 255 g/mol. The molecule has 6 nitrogen and oxygen atoms in total. The first kappa shape index (κ1) is 13.5. The molecule has 0 bridgehead atoms. The number of aliphatic hydroxyl groups is 1. The molecule has 0 saturated heterocycles. The van der Waals surface area contributed by atoms with Crippen LogP contribution in [0.1, 0.15) is 56.0 Å². The van der Waals surface area contributed by atoms with Gasteiger partial charge in [0.1, 0.15) is 12.2 Å². The van der Waals surface area contributed by atoms with Crippen LogP contribution in [0.2, 0.25) is 0 Å². The summed E-state index contributed by atoms with van der Waals surface area (Å²) in [6, 6.07) is 0. The molecule has 0 amide bonds. The molecule has 3 N–H and O–H groups in total. The Morgan fingerprint density at radius 2 is 2.17 bits per heavy atom. The molecular weight excluding hydrogens is 234 g/mol. The van der Waals surface area contributed by atoms with Crippen molar-refractivity contribution in [3.05, 3.63) is 11.7 Å². The Labute approximate surface area is 107 Å². The average Bonchev–Trinajstić information content (AvgIpc) is 2.89. The standard InChI is InChI=1S/C12H21N3O3/c1-17-10(8-5-3-2-4-6-8)11-14-12(18-15-11)9(16)7-13/h8-10,16H,2-7,13H2,1H3. The van der Waals surface area contributed by atoms with Crippen molar-refractivity contribution in [1.82, 2.24) is 10.1 Å². The van der Waals surface area contributed by atoms with Crippen molar-refractivity contribution in [2.45, 2.75) is 44.3 Å². The van der Waals surface area contributed by atoms with E-state index in [9.17, 15) is 5.11 Å². The van der Waals surface area contributed by atoms with Crippen LogP contribution in [-0.2, 0) is 4.74 Å². The smallest absolute Gasteiger partial charge is 0.256 e. The van der Waals surface area contributed by atoms with Gasteiger partial charge in [0.25, 0.3) is 5.89 Å². The molecule has 2 unspecified atom stereocenters. The molecule has 1 saturated carbocycles. The minimum atomic E-state index is -0.893. The van der Waals surface area contributed by atoms with E-state index in [-0.39, 0.29) is 18.5 Å². The number of nitrogens with zero attached hydrogens (tertiary/aromatic N) is 2. The largest absolute Gasteiger partial charge is 0.382 e. The first-order chi connectivity index (χ1) is 8.76. The minimum absolute atomic E-state index is 0.0721. The van der Waals surface area contributed by atoms with E-state index in [0.717, 1.165) is 12.8 Å². The summed E-state index contributed by atoms with van der Waals surface area (Å²) in [6.07, 6.45) is 4.95. The van der Waals surface area contributed by atoms with E-state index in [0.29, 0.717) is 11.7 Å². The molecule has 0 spiro atoms. The van der Waals surface area contributed by atoms with E-state index in [4.69, 9.17) is 15.0 Å². The Bertz CT molecular complexity index is 363. The molecule has 2 atom stereocenters.